The molecule has 1 rings (SSSR count). The zero-order chi connectivity index (χ0) is 15.9. The maximum Gasteiger partial charge on any atom is 0.179 e. The molecule has 4 N–H and O–H groups in total. The Morgan fingerprint density at radius 1 is 1.10 bits per heavy atom. The topological polar surface area (TPSA) is 131 Å². The zero-order valence-electron chi connectivity index (χ0n) is 11.4. The fourth-order valence-corrected chi connectivity index (χ4v) is 2.78. The van der Waals surface area contributed by atoms with E-state index < -0.39 is 35.2 Å². The Balaban J connectivity index is 2.71. The average Bonchev–Trinajstić information content (AvgIpc) is 2.52. The van der Waals surface area contributed by atoms with Crippen LogP contribution in [0.25, 0.3) is 0 Å². The third kappa shape index (κ3) is 4.49. The molecule has 0 atom stereocenters. The third-order valence-electron chi connectivity index (χ3n) is 3.12. The van der Waals surface area contributed by atoms with Gasteiger partial charge in [0.25, 0.3) is 0 Å². The number of nitrogens with zero attached hydrogens (tertiary/aromatic N) is 1. The molecule has 0 unspecified atom stereocenters. The van der Waals surface area contributed by atoms with Gasteiger partial charge in [0.05, 0.1) is 47.6 Å². The molecule has 0 aliphatic carbocycles. The summed E-state index contributed by atoms with van der Waals surface area (Å²) in [5.74, 6) is -0.263. The van der Waals surface area contributed by atoms with Crippen molar-refractivity contribution in [1.29, 1.82) is 5.26 Å². The monoisotopic (exact) mass is 314 g/mol. The van der Waals surface area contributed by atoms with Crippen LogP contribution >= 0.6 is 0 Å². The first kappa shape index (κ1) is 17.6. The van der Waals surface area contributed by atoms with E-state index in [9.17, 15) is 8.42 Å². The molecule has 0 spiro atoms. The molecule has 8 heteroatoms. The fourth-order valence-electron chi connectivity index (χ4n) is 1.62. The Kier molecular flexibility index (Phi) is 6.26. The zero-order valence-corrected chi connectivity index (χ0v) is 12.2. The van der Waals surface area contributed by atoms with E-state index in [4.69, 9.17) is 20.6 Å². The number of aliphatic hydroxyl groups is 3. The minimum absolute atomic E-state index is 0.0377. The van der Waals surface area contributed by atoms with Crippen LogP contribution in [0.1, 0.15) is 5.56 Å². The quantitative estimate of drug-likeness (QED) is 0.466. The molecule has 0 bridgehead atoms. The lowest BCUT2D eigenvalue weighted by molar-refractivity contribution is 0.0440. The van der Waals surface area contributed by atoms with Crippen molar-refractivity contribution in [2.24, 2.45) is 0 Å². The highest BCUT2D eigenvalue weighted by Crippen LogP contribution is 2.12. The summed E-state index contributed by atoms with van der Waals surface area (Å²) in [4.78, 5) is 0.0888. The summed E-state index contributed by atoms with van der Waals surface area (Å²) in [6, 6.07) is 7.44. The smallest absolute Gasteiger partial charge is 0.179 e. The molecule has 0 saturated carbocycles. The lowest BCUT2D eigenvalue weighted by atomic mass is 10.0. The van der Waals surface area contributed by atoms with Gasteiger partial charge >= 0.3 is 0 Å². The number of hydrogen-bond acceptors (Lipinski definition) is 7. The summed E-state index contributed by atoms with van der Waals surface area (Å²) in [6.45, 7) is -1.59. The van der Waals surface area contributed by atoms with E-state index in [2.05, 4.69) is 5.32 Å². The summed E-state index contributed by atoms with van der Waals surface area (Å²) in [5.41, 5.74) is -0.938. The number of benzene rings is 1. The van der Waals surface area contributed by atoms with E-state index in [-0.39, 0.29) is 17.2 Å². The van der Waals surface area contributed by atoms with Gasteiger partial charge in [0, 0.05) is 6.54 Å². The van der Waals surface area contributed by atoms with Crippen molar-refractivity contribution < 1.29 is 23.7 Å². The SMILES string of the molecule is N#Cc1ccc(S(=O)(=O)CCNC(CO)(CO)CO)cc1. The van der Waals surface area contributed by atoms with Crippen molar-refractivity contribution >= 4 is 9.84 Å². The highest BCUT2D eigenvalue weighted by molar-refractivity contribution is 7.91. The number of aliphatic hydroxyl groups excluding tert-OH is 3. The Labute approximate surface area is 123 Å². The van der Waals surface area contributed by atoms with E-state index >= 15 is 0 Å². The van der Waals surface area contributed by atoms with Crippen molar-refractivity contribution in [2.75, 3.05) is 32.1 Å². The molecule has 7 nitrogen and oxygen atoms in total. The Bertz CT molecular complexity index is 580. The Morgan fingerprint density at radius 2 is 1.62 bits per heavy atom. The van der Waals surface area contributed by atoms with Crippen LogP contribution in [0.15, 0.2) is 29.2 Å². The van der Waals surface area contributed by atoms with Crippen molar-refractivity contribution in [2.45, 2.75) is 10.4 Å². The molecule has 1 aromatic carbocycles. The van der Waals surface area contributed by atoms with E-state index in [0.717, 1.165) is 0 Å². The van der Waals surface area contributed by atoms with Crippen LogP contribution in [0.5, 0.6) is 0 Å². The first-order chi connectivity index (χ1) is 9.93. The van der Waals surface area contributed by atoms with Gasteiger partial charge in [-0.3, -0.25) is 0 Å². The molecule has 1 aromatic rings. The predicted octanol–water partition coefficient (Wildman–Crippen LogP) is -1.36. The van der Waals surface area contributed by atoms with Gasteiger partial charge in [0.1, 0.15) is 0 Å². The molecule has 116 valence electrons. The standard InChI is InChI=1S/C13H18N2O5S/c14-7-11-1-3-12(4-2-11)21(19,20)6-5-15-13(8-16,9-17)10-18/h1-4,15-18H,5-6,8-10H2. The van der Waals surface area contributed by atoms with Gasteiger partial charge in [-0.2, -0.15) is 5.26 Å². The molecule has 0 amide bonds. The van der Waals surface area contributed by atoms with E-state index in [1.54, 1.807) is 0 Å². The van der Waals surface area contributed by atoms with Crippen LogP contribution in [0, 0.1) is 11.3 Å². The minimum atomic E-state index is -3.55. The number of hydrogen-bond donors (Lipinski definition) is 4. The minimum Gasteiger partial charge on any atom is -0.394 e. The van der Waals surface area contributed by atoms with Crippen LogP contribution in [-0.4, -0.2) is 61.4 Å². The molecule has 0 radical (unpaired) electrons. The summed E-state index contributed by atoms with van der Waals surface area (Å²) < 4.78 is 24.1. The van der Waals surface area contributed by atoms with Crippen LogP contribution in [-0.2, 0) is 9.84 Å². The summed E-state index contributed by atoms with van der Waals surface area (Å²) in [6.07, 6.45) is 0. The molecule has 0 aliphatic heterocycles. The summed E-state index contributed by atoms with van der Waals surface area (Å²) >= 11 is 0. The molecule has 0 aliphatic rings. The predicted molar refractivity (Wildman–Crippen MR) is 75.2 cm³/mol. The number of sulfone groups is 1. The fraction of sp³-hybridized carbons (Fsp3) is 0.462. The van der Waals surface area contributed by atoms with Crippen molar-refractivity contribution in [1.82, 2.24) is 5.32 Å². The maximum absolute atomic E-state index is 12.1. The molecule has 0 fully saturated rings. The van der Waals surface area contributed by atoms with Crippen molar-refractivity contribution in [3.8, 4) is 6.07 Å². The average molecular weight is 314 g/mol. The van der Waals surface area contributed by atoms with Gasteiger partial charge in [0.15, 0.2) is 9.84 Å². The molecular weight excluding hydrogens is 296 g/mol. The second-order valence-corrected chi connectivity index (χ2v) is 6.75. The first-order valence-corrected chi connectivity index (χ1v) is 7.89. The van der Waals surface area contributed by atoms with Crippen LogP contribution in [0.4, 0.5) is 0 Å². The largest absolute Gasteiger partial charge is 0.394 e. The highest BCUT2D eigenvalue weighted by Gasteiger charge is 2.27. The normalized spacial score (nSPS) is 12.1. The van der Waals surface area contributed by atoms with Gasteiger partial charge in [0.2, 0.25) is 0 Å². The number of rotatable bonds is 8. The molecular formula is C13H18N2O5S. The number of nitriles is 1. The highest BCUT2D eigenvalue weighted by atomic mass is 32.2. The second-order valence-electron chi connectivity index (χ2n) is 4.64. The van der Waals surface area contributed by atoms with E-state index in [1.165, 1.54) is 24.3 Å². The van der Waals surface area contributed by atoms with Crippen molar-refractivity contribution in [3.05, 3.63) is 29.8 Å². The molecule has 0 heterocycles. The third-order valence-corrected chi connectivity index (χ3v) is 4.85. The molecule has 0 saturated heterocycles. The Hall–Kier alpha value is -1.50. The van der Waals surface area contributed by atoms with Gasteiger partial charge < -0.3 is 20.6 Å². The number of nitrogens with one attached hydrogen (secondary N) is 1. The van der Waals surface area contributed by atoms with Crippen molar-refractivity contribution in [3.63, 3.8) is 0 Å². The Morgan fingerprint density at radius 3 is 2.05 bits per heavy atom. The van der Waals surface area contributed by atoms with Gasteiger partial charge in [-0.05, 0) is 24.3 Å². The molecule has 21 heavy (non-hydrogen) atoms. The van der Waals surface area contributed by atoms with E-state index in [0.29, 0.717) is 5.56 Å². The van der Waals surface area contributed by atoms with Gasteiger partial charge in [-0.15, -0.1) is 0 Å². The summed E-state index contributed by atoms with van der Waals surface area (Å²) in [5, 5.41) is 38.7. The second kappa shape index (κ2) is 7.49. The van der Waals surface area contributed by atoms with Gasteiger partial charge in [-0.1, -0.05) is 0 Å². The molecule has 0 aromatic heterocycles. The first-order valence-electron chi connectivity index (χ1n) is 6.23. The van der Waals surface area contributed by atoms with Crippen LogP contribution in [0.2, 0.25) is 0 Å². The van der Waals surface area contributed by atoms with Gasteiger partial charge in [-0.25, -0.2) is 8.42 Å². The lowest BCUT2D eigenvalue weighted by Crippen LogP contribution is -2.55. The van der Waals surface area contributed by atoms with E-state index in [1.807, 2.05) is 6.07 Å². The lowest BCUT2D eigenvalue weighted by Gasteiger charge is -2.28. The van der Waals surface area contributed by atoms with Crippen LogP contribution in [0.3, 0.4) is 0 Å². The maximum atomic E-state index is 12.1. The summed E-state index contributed by atoms with van der Waals surface area (Å²) in [7, 11) is -3.55. The van der Waals surface area contributed by atoms with Crippen LogP contribution < -0.4 is 5.32 Å².